The molecular formula is C22H28N2. The highest BCUT2D eigenvalue weighted by Gasteiger charge is 2.16. The van der Waals surface area contributed by atoms with Crippen molar-refractivity contribution in [2.24, 2.45) is 5.73 Å². The first-order chi connectivity index (χ1) is 11.5. The summed E-state index contributed by atoms with van der Waals surface area (Å²) >= 11 is 0. The fraction of sp³-hybridized carbons (Fsp3) is 0.364. The average Bonchev–Trinajstić information content (AvgIpc) is 2.86. The van der Waals surface area contributed by atoms with Crippen LogP contribution in [0.1, 0.15) is 40.7 Å². The van der Waals surface area contributed by atoms with E-state index in [-0.39, 0.29) is 0 Å². The summed E-state index contributed by atoms with van der Waals surface area (Å²) in [4.78, 5) is 3.72. The van der Waals surface area contributed by atoms with E-state index < -0.39 is 0 Å². The van der Waals surface area contributed by atoms with Crippen LogP contribution in [-0.4, -0.2) is 11.5 Å². The Morgan fingerprint density at radius 1 is 0.875 bits per heavy atom. The smallest absolute Gasteiger partial charge is 0.0500 e. The third kappa shape index (κ3) is 3.11. The lowest BCUT2D eigenvalue weighted by Gasteiger charge is -2.10. The molecule has 0 spiro atoms. The fourth-order valence-electron chi connectivity index (χ4n) is 3.82. The molecule has 0 saturated heterocycles. The van der Waals surface area contributed by atoms with E-state index in [0.29, 0.717) is 0 Å². The minimum Gasteiger partial charge on any atom is -0.354 e. The predicted molar refractivity (Wildman–Crippen MR) is 105 cm³/mol. The molecular weight excluding hydrogens is 292 g/mol. The maximum atomic E-state index is 5.71. The molecule has 24 heavy (non-hydrogen) atoms. The first-order valence-electron chi connectivity index (χ1n) is 8.90. The summed E-state index contributed by atoms with van der Waals surface area (Å²) in [5.74, 6) is 0. The van der Waals surface area contributed by atoms with Gasteiger partial charge in [-0.3, -0.25) is 0 Å². The van der Waals surface area contributed by atoms with Crippen molar-refractivity contribution in [3.8, 4) is 11.3 Å². The number of hydrogen-bond donors (Lipinski definition) is 2. The zero-order valence-corrected chi connectivity index (χ0v) is 15.3. The first-order valence-corrected chi connectivity index (χ1v) is 8.90. The van der Waals surface area contributed by atoms with E-state index in [1.54, 1.807) is 0 Å². The van der Waals surface area contributed by atoms with Crippen molar-refractivity contribution in [3.63, 3.8) is 0 Å². The second kappa shape index (κ2) is 6.82. The van der Waals surface area contributed by atoms with Crippen molar-refractivity contribution in [2.45, 2.75) is 47.0 Å². The molecule has 0 fully saturated rings. The van der Waals surface area contributed by atoms with Crippen molar-refractivity contribution in [1.29, 1.82) is 0 Å². The molecule has 2 nitrogen and oxygen atoms in total. The standard InChI is InChI=1S/C22H28N2/c1-14-8-9-18(16(3)11-14)22-19(7-5-6-10-23)21-17(4)12-15(2)13-20(21)24-22/h8-9,11-13,24H,5-7,10,23H2,1-4H3. The monoisotopic (exact) mass is 320 g/mol. The quantitative estimate of drug-likeness (QED) is 0.611. The van der Waals surface area contributed by atoms with Crippen LogP contribution >= 0.6 is 0 Å². The average molecular weight is 320 g/mol. The number of aryl methyl sites for hydroxylation is 5. The molecule has 0 aliphatic rings. The Kier molecular flexibility index (Phi) is 4.77. The van der Waals surface area contributed by atoms with Gasteiger partial charge in [-0.15, -0.1) is 0 Å². The maximum absolute atomic E-state index is 5.71. The molecule has 1 heterocycles. The number of aromatic amines is 1. The molecule has 0 aliphatic carbocycles. The van der Waals surface area contributed by atoms with Crippen molar-refractivity contribution in [2.75, 3.05) is 6.54 Å². The molecule has 0 saturated carbocycles. The zero-order valence-electron chi connectivity index (χ0n) is 15.3. The molecule has 0 bridgehead atoms. The topological polar surface area (TPSA) is 41.8 Å². The zero-order chi connectivity index (χ0) is 17.3. The van der Waals surface area contributed by atoms with Gasteiger partial charge in [0, 0.05) is 22.2 Å². The minimum absolute atomic E-state index is 0.763. The molecule has 0 amide bonds. The molecule has 3 aromatic rings. The van der Waals surface area contributed by atoms with Crippen LogP contribution in [0.15, 0.2) is 30.3 Å². The van der Waals surface area contributed by atoms with Crippen LogP contribution in [0.3, 0.4) is 0 Å². The molecule has 0 atom stereocenters. The number of aromatic nitrogens is 1. The lowest BCUT2D eigenvalue weighted by atomic mass is 9.95. The summed E-state index contributed by atoms with van der Waals surface area (Å²) in [6, 6.07) is 11.3. The number of unbranched alkanes of at least 4 members (excludes halogenated alkanes) is 1. The summed E-state index contributed by atoms with van der Waals surface area (Å²) in [6.07, 6.45) is 3.28. The van der Waals surface area contributed by atoms with E-state index in [4.69, 9.17) is 5.73 Å². The largest absolute Gasteiger partial charge is 0.354 e. The maximum Gasteiger partial charge on any atom is 0.0500 e. The van der Waals surface area contributed by atoms with Crippen molar-refractivity contribution >= 4 is 10.9 Å². The van der Waals surface area contributed by atoms with Gasteiger partial charge in [-0.1, -0.05) is 29.8 Å². The summed E-state index contributed by atoms with van der Waals surface area (Å²) < 4.78 is 0. The number of nitrogens with two attached hydrogens (primary N) is 1. The third-order valence-electron chi connectivity index (χ3n) is 4.88. The highest BCUT2D eigenvalue weighted by Crippen LogP contribution is 2.35. The molecule has 3 rings (SSSR count). The molecule has 2 aromatic carbocycles. The number of rotatable bonds is 5. The Bertz CT molecular complexity index is 871. The van der Waals surface area contributed by atoms with Gasteiger partial charge >= 0.3 is 0 Å². The normalized spacial score (nSPS) is 11.4. The summed E-state index contributed by atoms with van der Waals surface area (Å²) in [6.45, 7) is 9.51. The van der Waals surface area contributed by atoms with Gasteiger partial charge in [-0.05, 0) is 81.8 Å². The molecule has 2 heteroatoms. The van der Waals surface area contributed by atoms with Gasteiger partial charge < -0.3 is 10.7 Å². The Morgan fingerprint density at radius 2 is 1.62 bits per heavy atom. The van der Waals surface area contributed by atoms with Gasteiger partial charge in [0.15, 0.2) is 0 Å². The number of benzene rings is 2. The summed E-state index contributed by atoms with van der Waals surface area (Å²) in [5, 5.41) is 1.40. The van der Waals surface area contributed by atoms with Crippen LogP contribution < -0.4 is 5.73 Å². The Balaban J connectivity index is 2.21. The molecule has 0 radical (unpaired) electrons. The molecule has 0 aliphatic heterocycles. The second-order valence-electron chi connectivity index (χ2n) is 7.05. The fourth-order valence-corrected chi connectivity index (χ4v) is 3.82. The molecule has 3 N–H and O–H groups in total. The van der Waals surface area contributed by atoms with Crippen molar-refractivity contribution in [3.05, 3.63) is 58.1 Å². The van der Waals surface area contributed by atoms with E-state index >= 15 is 0 Å². The SMILES string of the molecule is Cc1ccc(-c2[nH]c3cc(C)cc(C)c3c2CCCCN)c(C)c1. The molecule has 126 valence electrons. The van der Waals surface area contributed by atoms with E-state index in [1.165, 1.54) is 50.0 Å². The second-order valence-corrected chi connectivity index (χ2v) is 7.05. The van der Waals surface area contributed by atoms with Crippen LogP contribution in [0.5, 0.6) is 0 Å². The third-order valence-corrected chi connectivity index (χ3v) is 4.88. The van der Waals surface area contributed by atoms with Crippen molar-refractivity contribution < 1.29 is 0 Å². The number of nitrogens with one attached hydrogen (secondary N) is 1. The van der Waals surface area contributed by atoms with E-state index in [0.717, 1.165) is 25.8 Å². The summed E-state index contributed by atoms with van der Waals surface area (Å²) in [5.41, 5.74) is 16.3. The van der Waals surface area contributed by atoms with E-state index in [2.05, 4.69) is 63.0 Å². The first kappa shape index (κ1) is 16.8. The number of hydrogen-bond acceptors (Lipinski definition) is 1. The van der Waals surface area contributed by atoms with Crippen LogP contribution in [0, 0.1) is 27.7 Å². The van der Waals surface area contributed by atoms with Gasteiger partial charge in [-0.2, -0.15) is 0 Å². The van der Waals surface area contributed by atoms with Gasteiger partial charge in [0.2, 0.25) is 0 Å². The van der Waals surface area contributed by atoms with Crippen LogP contribution in [0.4, 0.5) is 0 Å². The van der Waals surface area contributed by atoms with Crippen LogP contribution in [0.25, 0.3) is 22.2 Å². The lowest BCUT2D eigenvalue weighted by Crippen LogP contribution is -1.99. The molecule has 0 unspecified atom stereocenters. The Hall–Kier alpha value is -2.06. The van der Waals surface area contributed by atoms with E-state index in [1.807, 2.05) is 0 Å². The number of H-pyrrole nitrogens is 1. The van der Waals surface area contributed by atoms with Crippen LogP contribution in [0.2, 0.25) is 0 Å². The van der Waals surface area contributed by atoms with Gasteiger partial charge in [0.1, 0.15) is 0 Å². The Morgan fingerprint density at radius 3 is 2.33 bits per heavy atom. The number of fused-ring (bicyclic) bond motifs is 1. The van der Waals surface area contributed by atoms with Gasteiger partial charge in [0.25, 0.3) is 0 Å². The van der Waals surface area contributed by atoms with E-state index in [9.17, 15) is 0 Å². The summed E-state index contributed by atoms with van der Waals surface area (Å²) in [7, 11) is 0. The highest BCUT2D eigenvalue weighted by atomic mass is 14.7. The minimum atomic E-state index is 0.763. The Labute approximate surface area is 145 Å². The van der Waals surface area contributed by atoms with Crippen LogP contribution in [-0.2, 0) is 6.42 Å². The predicted octanol–water partition coefficient (Wildman–Crippen LogP) is 5.35. The molecule has 1 aromatic heterocycles. The van der Waals surface area contributed by atoms with Gasteiger partial charge in [0.05, 0.1) is 0 Å². The highest BCUT2D eigenvalue weighted by molar-refractivity contribution is 5.94. The van der Waals surface area contributed by atoms with Crippen molar-refractivity contribution in [1.82, 2.24) is 4.98 Å². The van der Waals surface area contributed by atoms with Gasteiger partial charge in [-0.25, -0.2) is 0 Å². The lowest BCUT2D eigenvalue weighted by molar-refractivity contribution is 0.748.